The lowest BCUT2D eigenvalue weighted by molar-refractivity contribution is 0.457. The summed E-state index contributed by atoms with van der Waals surface area (Å²) < 4.78 is 5.48. The first-order valence-corrected chi connectivity index (χ1v) is 5.83. The van der Waals surface area contributed by atoms with Gasteiger partial charge in [-0.15, -0.1) is 0 Å². The molecule has 3 rings (SSSR count). The van der Waals surface area contributed by atoms with Gasteiger partial charge in [0.05, 0.1) is 0 Å². The van der Waals surface area contributed by atoms with E-state index >= 15 is 0 Å². The number of hydrogen-bond acceptors (Lipinski definition) is 2. The van der Waals surface area contributed by atoms with Gasteiger partial charge >= 0.3 is 0 Å². The highest BCUT2D eigenvalue weighted by molar-refractivity contribution is 5.93. The average Bonchev–Trinajstić information content (AvgIpc) is 2.83. The van der Waals surface area contributed by atoms with E-state index in [1.807, 2.05) is 18.2 Å². The SMILES string of the molecule is CCc1cccc2c(-c3ccccc3)noc12. The summed E-state index contributed by atoms with van der Waals surface area (Å²) in [7, 11) is 0. The Morgan fingerprint density at radius 2 is 1.82 bits per heavy atom. The molecule has 2 heteroatoms. The number of aryl methyl sites for hydroxylation is 1. The molecule has 0 aliphatic rings. The Labute approximate surface area is 99.9 Å². The van der Waals surface area contributed by atoms with Gasteiger partial charge in [-0.25, -0.2) is 0 Å². The normalized spacial score (nSPS) is 10.9. The predicted molar refractivity (Wildman–Crippen MR) is 68.8 cm³/mol. The van der Waals surface area contributed by atoms with Gasteiger partial charge in [0.15, 0.2) is 5.58 Å². The summed E-state index contributed by atoms with van der Waals surface area (Å²) in [5, 5.41) is 5.29. The monoisotopic (exact) mass is 223 g/mol. The molecular weight excluding hydrogens is 210 g/mol. The second-order valence-electron chi connectivity index (χ2n) is 4.04. The van der Waals surface area contributed by atoms with Crippen molar-refractivity contribution in [1.29, 1.82) is 0 Å². The number of rotatable bonds is 2. The minimum Gasteiger partial charge on any atom is -0.355 e. The standard InChI is InChI=1S/C15H13NO/c1-2-11-9-6-10-13-14(16-17-15(11)13)12-7-4-3-5-8-12/h3-10H,2H2,1H3. The maximum absolute atomic E-state index is 5.48. The fourth-order valence-electron chi connectivity index (χ4n) is 2.10. The molecule has 2 aromatic carbocycles. The molecule has 1 aromatic heterocycles. The smallest absolute Gasteiger partial charge is 0.170 e. The van der Waals surface area contributed by atoms with E-state index in [2.05, 4.69) is 42.4 Å². The van der Waals surface area contributed by atoms with Gasteiger partial charge in [-0.1, -0.05) is 54.5 Å². The second kappa shape index (κ2) is 4.06. The fourth-order valence-corrected chi connectivity index (χ4v) is 2.10. The predicted octanol–water partition coefficient (Wildman–Crippen LogP) is 4.06. The maximum Gasteiger partial charge on any atom is 0.170 e. The van der Waals surface area contributed by atoms with E-state index in [1.165, 1.54) is 5.56 Å². The quantitative estimate of drug-likeness (QED) is 0.654. The first-order chi connectivity index (χ1) is 8.40. The summed E-state index contributed by atoms with van der Waals surface area (Å²) >= 11 is 0. The van der Waals surface area contributed by atoms with Crippen LogP contribution in [-0.4, -0.2) is 5.16 Å². The van der Waals surface area contributed by atoms with Crippen LogP contribution in [0.5, 0.6) is 0 Å². The highest BCUT2D eigenvalue weighted by atomic mass is 16.5. The highest BCUT2D eigenvalue weighted by Gasteiger charge is 2.11. The lowest BCUT2D eigenvalue weighted by atomic mass is 10.0. The minimum atomic E-state index is 0.911. The Kier molecular flexibility index (Phi) is 2.41. The van der Waals surface area contributed by atoms with Crippen LogP contribution in [0.2, 0.25) is 0 Å². The molecular formula is C15H13NO. The number of hydrogen-bond donors (Lipinski definition) is 0. The Morgan fingerprint density at radius 3 is 2.59 bits per heavy atom. The molecule has 0 saturated carbocycles. The van der Waals surface area contributed by atoms with Crippen LogP contribution in [0.25, 0.3) is 22.2 Å². The largest absolute Gasteiger partial charge is 0.355 e. The first kappa shape index (κ1) is 10.1. The topological polar surface area (TPSA) is 26.0 Å². The van der Waals surface area contributed by atoms with Crippen LogP contribution in [0.3, 0.4) is 0 Å². The molecule has 0 saturated heterocycles. The number of benzene rings is 2. The van der Waals surface area contributed by atoms with E-state index in [-0.39, 0.29) is 0 Å². The summed E-state index contributed by atoms with van der Waals surface area (Å²) in [5.74, 6) is 0. The molecule has 0 unspecified atom stereocenters. The van der Waals surface area contributed by atoms with Crippen molar-refractivity contribution in [3.05, 3.63) is 54.1 Å². The molecule has 3 aromatic rings. The zero-order chi connectivity index (χ0) is 11.7. The van der Waals surface area contributed by atoms with Gasteiger partial charge in [0.1, 0.15) is 5.69 Å². The molecule has 0 bridgehead atoms. The third-order valence-electron chi connectivity index (χ3n) is 3.01. The lowest BCUT2D eigenvalue weighted by Gasteiger charge is -1.97. The number of fused-ring (bicyclic) bond motifs is 1. The van der Waals surface area contributed by atoms with Crippen molar-refractivity contribution >= 4 is 11.0 Å². The van der Waals surface area contributed by atoms with E-state index in [0.717, 1.165) is 28.6 Å². The summed E-state index contributed by atoms with van der Waals surface area (Å²) in [5.41, 5.74) is 4.14. The van der Waals surface area contributed by atoms with E-state index in [0.29, 0.717) is 0 Å². The van der Waals surface area contributed by atoms with Gasteiger partial charge in [-0.3, -0.25) is 0 Å². The number of nitrogens with zero attached hydrogens (tertiary/aromatic N) is 1. The summed E-state index contributed by atoms with van der Waals surface area (Å²) in [6.45, 7) is 2.12. The molecule has 0 spiro atoms. The van der Waals surface area contributed by atoms with Crippen molar-refractivity contribution in [3.63, 3.8) is 0 Å². The van der Waals surface area contributed by atoms with Crippen molar-refractivity contribution < 1.29 is 4.52 Å². The van der Waals surface area contributed by atoms with Gasteiger partial charge in [0, 0.05) is 10.9 Å². The van der Waals surface area contributed by atoms with Gasteiger partial charge in [0.25, 0.3) is 0 Å². The summed E-state index contributed by atoms with van der Waals surface area (Å²) in [4.78, 5) is 0. The van der Waals surface area contributed by atoms with Crippen LogP contribution >= 0.6 is 0 Å². The van der Waals surface area contributed by atoms with Crippen LogP contribution in [0.4, 0.5) is 0 Å². The molecule has 0 amide bonds. The lowest BCUT2D eigenvalue weighted by Crippen LogP contribution is -1.80. The fraction of sp³-hybridized carbons (Fsp3) is 0.133. The van der Waals surface area contributed by atoms with Gasteiger partial charge in [-0.2, -0.15) is 0 Å². The molecule has 0 aliphatic carbocycles. The Hall–Kier alpha value is -2.09. The van der Waals surface area contributed by atoms with Crippen molar-refractivity contribution in [2.75, 3.05) is 0 Å². The van der Waals surface area contributed by atoms with E-state index in [4.69, 9.17) is 4.52 Å². The zero-order valence-electron chi connectivity index (χ0n) is 9.68. The van der Waals surface area contributed by atoms with Gasteiger partial charge in [-0.05, 0) is 18.1 Å². The Bertz CT molecular complexity index is 640. The van der Waals surface area contributed by atoms with E-state index in [9.17, 15) is 0 Å². The molecule has 0 aliphatic heterocycles. The Morgan fingerprint density at radius 1 is 1.00 bits per heavy atom. The molecule has 0 radical (unpaired) electrons. The summed E-state index contributed by atoms with van der Waals surface area (Å²) in [6.07, 6.45) is 0.959. The van der Waals surface area contributed by atoms with Crippen LogP contribution in [-0.2, 0) is 6.42 Å². The van der Waals surface area contributed by atoms with Crippen LogP contribution in [0.1, 0.15) is 12.5 Å². The Balaban J connectivity index is 2.26. The van der Waals surface area contributed by atoms with Gasteiger partial charge < -0.3 is 4.52 Å². The molecule has 0 fully saturated rings. The first-order valence-electron chi connectivity index (χ1n) is 5.83. The minimum absolute atomic E-state index is 0.911. The zero-order valence-corrected chi connectivity index (χ0v) is 9.68. The molecule has 1 heterocycles. The maximum atomic E-state index is 5.48. The number of aromatic nitrogens is 1. The van der Waals surface area contributed by atoms with E-state index in [1.54, 1.807) is 0 Å². The van der Waals surface area contributed by atoms with Crippen molar-refractivity contribution in [2.24, 2.45) is 0 Å². The molecule has 0 N–H and O–H groups in total. The average molecular weight is 223 g/mol. The van der Waals surface area contributed by atoms with E-state index < -0.39 is 0 Å². The molecule has 2 nitrogen and oxygen atoms in total. The molecule has 17 heavy (non-hydrogen) atoms. The van der Waals surface area contributed by atoms with Crippen LogP contribution < -0.4 is 0 Å². The van der Waals surface area contributed by atoms with Crippen molar-refractivity contribution in [3.8, 4) is 11.3 Å². The molecule has 84 valence electrons. The summed E-state index contributed by atoms with van der Waals surface area (Å²) in [6, 6.07) is 16.3. The third-order valence-corrected chi connectivity index (χ3v) is 3.01. The van der Waals surface area contributed by atoms with Crippen molar-refractivity contribution in [1.82, 2.24) is 5.16 Å². The third kappa shape index (κ3) is 1.62. The molecule has 0 atom stereocenters. The van der Waals surface area contributed by atoms with Crippen molar-refractivity contribution in [2.45, 2.75) is 13.3 Å². The number of para-hydroxylation sites is 1. The van der Waals surface area contributed by atoms with Gasteiger partial charge in [0.2, 0.25) is 0 Å². The van der Waals surface area contributed by atoms with Crippen LogP contribution in [0, 0.1) is 0 Å². The highest BCUT2D eigenvalue weighted by Crippen LogP contribution is 2.29. The van der Waals surface area contributed by atoms with Crippen LogP contribution in [0.15, 0.2) is 53.1 Å². The second-order valence-corrected chi connectivity index (χ2v) is 4.04.